The predicted octanol–water partition coefficient (Wildman–Crippen LogP) is 3.89. The van der Waals surface area contributed by atoms with Gasteiger partial charge in [0.2, 0.25) is 0 Å². The van der Waals surface area contributed by atoms with Gasteiger partial charge in [0.15, 0.2) is 5.17 Å². The first-order chi connectivity index (χ1) is 13.7. The van der Waals surface area contributed by atoms with Crippen LogP contribution in [0.4, 0.5) is 4.79 Å². The lowest BCUT2D eigenvalue weighted by molar-refractivity contribution is -0.0807. The largest absolute Gasteiger partial charge is 0.456 e. The molecule has 0 unspecified atom stereocenters. The van der Waals surface area contributed by atoms with Crippen LogP contribution in [0.5, 0.6) is 0 Å². The summed E-state index contributed by atoms with van der Waals surface area (Å²) in [6.45, 7) is 11.8. The van der Waals surface area contributed by atoms with Crippen LogP contribution in [-0.2, 0) is 14.2 Å². The summed E-state index contributed by atoms with van der Waals surface area (Å²) in [6, 6.07) is 8.59. The number of carbonyl (C=O) groups is 2. The summed E-state index contributed by atoms with van der Waals surface area (Å²) in [7, 11) is 0. The van der Waals surface area contributed by atoms with Crippen LogP contribution in [0.1, 0.15) is 44.5 Å². The molecule has 4 atom stereocenters. The Bertz CT molecular complexity index is 777. The number of hydrogen-bond acceptors (Lipinski definition) is 7. The van der Waals surface area contributed by atoms with Crippen LogP contribution in [0.2, 0.25) is 0 Å². The van der Waals surface area contributed by atoms with E-state index in [-0.39, 0.29) is 11.5 Å². The molecule has 29 heavy (non-hydrogen) atoms. The number of hydrogen-bond donors (Lipinski definition) is 0. The second-order valence-corrected chi connectivity index (χ2v) is 8.98. The highest BCUT2D eigenvalue weighted by molar-refractivity contribution is 8.14. The van der Waals surface area contributed by atoms with Crippen LogP contribution in [0.3, 0.4) is 0 Å². The van der Waals surface area contributed by atoms with Crippen LogP contribution in [0.15, 0.2) is 35.3 Å². The van der Waals surface area contributed by atoms with Crippen molar-refractivity contribution in [2.45, 2.75) is 63.4 Å². The number of aliphatic imine (C=N–C) groups is 1. The molecular weight excluding hydrogens is 392 g/mol. The Hall–Kier alpha value is -2.06. The molecule has 1 fully saturated rings. The highest BCUT2D eigenvalue weighted by atomic mass is 32.2. The van der Waals surface area contributed by atoms with Crippen LogP contribution < -0.4 is 0 Å². The second-order valence-electron chi connectivity index (χ2n) is 7.91. The van der Waals surface area contributed by atoms with Gasteiger partial charge in [0.25, 0.3) is 0 Å². The van der Waals surface area contributed by atoms with E-state index in [1.165, 1.54) is 16.7 Å². The normalized spacial score (nSPS) is 26.3. The van der Waals surface area contributed by atoms with Gasteiger partial charge in [0, 0.05) is 13.0 Å². The van der Waals surface area contributed by atoms with Crippen molar-refractivity contribution < 1.29 is 23.8 Å². The second kappa shape index (κ2) is 8.75. The van der Waals surface area contributed by atoms with Gasteiger partial charge in [0.1, 0.15) is 17.1 Å². The molecule has 0 bridgehead atoms. The lowest BCUT2D eigenvalue weighted by Gasteiger charge is -2.34. The monoisotopic (exact) mass is 419 g/mol. The first-order valence-electron chi connectivity index (χ1n) is 9.67. The third-order valence-electron chi connectivity index (χ3n) is 4.44. The zero-order valence-electron chi connectivity index (χ0n) is 17.2. The maximum absolute atomic E-state index is 12.5. The maximum atomic E-state index is 12.5. The number of amides is 1. The summed E-state index contributed by atoms with van der Waals surface area (Å²) in [5.74, 6) is -0.412. The fraction of sp³-hybridized carbons (Fsp3) is 0.524. The molecule has 2 aliphatic rings. The van der Waals surface area contributed by atoms with Gasteiger partial charge in [-0.3, -0.25) is 9.89 Å². The molecule has 1 saturated heterocycles. The summed E-state index contributed by atoms with van der Waals surface area (Å²) in [5, 5.41) is 0.555. The lowest BCUT2D eigenvalue weighted by atomic mass is 10.0. The number of benzene rings is 1. The molecule has 0 saturated carbocycles. The van der Waals surface area contributed by atoms with E-state index < -0.39 is 29.9 Å². The van der Waals surface area contributed by atoms with E-state index in [2.05, 4.69) is 11.9 Å². The average molecular weight is 420 g/mol. The number of amidine groups is 1. The molecule has 8 heteroatoms. The maximum Gasteiger partial charge on any atom is 0.416 e. The van der Waals surface area contributed by atoms with Gasteiger partial charge < -0.3 is 14.2 Å². The highest BCUT2D eigenvalue weighted by Gasteiger charge is 2.44. The fourth-order valence-electron chi connectivity index (χ4n) is 3.04. The first-order valence-corrected chi connectivity index (χ1v) is 10.6. The number of nitrogens with zero attached hydrogens (tertiary/aromatic N) is 2. The number of thioether (sulfide) groups is 1. The number of ether oxygens (including phenoxy) is 3. The Morgan fingerprint density at radius 2 is 2.00 bits per heavy atom. The summed E-state index contributed by atoms with van der Waals surface area (Å²) >= 11 is 1.38. The molecule has 3 rings (SSSR count). The van der Waals surface area contributed by atoms with Crippen molar-refractivity contribution in [3.8, 4) is 0 Å². The fourth-order valence-corrected chi connectivity index (χ4v) is 4.31. The number of rotatable bonds is 3. The van der Waals surface area contributed by atoms with Crippen molar-refractivity contribution in [3.05, 3.63) is 42.8 Å². The topological polar surface area (TPSA) is 77.4 Å². The smallest absolute Gasteiger partial charge is 0.416 e. The molecular formula is C21H27N2O5S. The van der Waals surface area contributed by atoms with Gasteiger partial charge in [-0.15, -0.1) is 0 Å². The van der Waals surface area contributed by atoms with Gasteiger partial charge in [0.05, 0.1) is 17.7 Å². The number of esters is 1. The van der Waals surface area contributed by atoms with E-state index in [9.17, 15) is 9.59 Å². The third kappa shape index (κ3) is 5.30. The predicted molar refractivity (Wildman–Crippen MR) is 112 cm³/mol. The van der Waals surface area contributed by atoms with Crippen molar-refractivity contribution in [2.75, 3.05) is 6.54 Å². The van der Waals surface area contributed by atoms with Crippen molar-refractivity contribution in [1.82, 2.24) is 4.90 Å². The Kier molecular flexibility index (Phi) is 6.53. The minimum Gasteiger partial charge on any atom is -0.456 e. The quantitative estimate of drug-likeness (QED) is 0.692. The number of carbonyl (C=O) groups excluding carboxylic acids is 2. The standard InChI is InChI=1S/C21H27N2O5S/c1-6-23(20(25)28-21(3,4)5)19-22-15-12-16(13(2)26-18(15)29-19)27-17(24)14-10-8-7-9-11-14/h7-11,13,15-16,18H,2,6,12H2,1,3-5H3/t13-,15-,16+,18-/m1/s1. The molecule has 0 aliphatic carbocycles. The molecule has 0 aromatic heterocycles. The van der Waals surface area contributed by atoms with Gasteiger partial charge in [-0.05, 0) is 46.8 Å². The van der Waals surface area contributed by atoms with Crippen molar-refractivity contribution in [2.24, 2.45) is 4.99 Å². The van der Waals surface area contributed by atoms with Crippen LogP contribution in [0.25, 0.3) is 0 Å². The summed E-state index contributed by atoms with van der Waals surface area (Å²) in [6.07, 6.45) is -0.977. The summed E-state index contributed by atoms with van der Waals surface area (Å²) < 4.78 is 17.0. The van der Waals surface area contributed by atoms with E-state index in [1.54, 1.807) is 24.3 Å². The van der Waals surface area contributed by atoms with Crippen LogP contribution in [-0.4, -0.2) is 58.0 Å². The minimum atomic E-state index is -0.591. The Labute approximate surface area is 175 Å². The van der Waals surface area contributed by atoms with E-state index in [4.69, 9.17) is 14.2 Å². The van der Waals surface area contributed by atoms with E-state index in [1.807, 2.05) is 33.8 Å². The molecule has 157 valence electrons. The molecule has 2 heterocycles. The van der Waals surface area contributed by atoms with Gasteiger partial charge in [-0.2, -0.15) is 0 Å². The molecule has 1 aromatic rings. The van der Waals surface area contributed by atoms with Gasteiger partial charge in [-0.1, -0.05) is 30.0 Å². The summed E-state index contributed by atoms with van der Waals surface area (Å²) in [4.78, 5) is 31.0. The molecule has 0 spiro atoms. The molecule has 7 nitrogen and oxygen atoms in total. The Morgan fingerprint density at radius 3 is 2.62 bits per heavy atom. The Morgan fingerprint density at radius 1 is 1.31 bits per heavy atom. The molecule has 1 aromatic carbocycles. The van der Waals surface area contributed by atoms with Crippen molar-refractivity contribution in [1.29, 1.82) is 0 Å². The molecule has 1 radical (unpaired) electrons. The number of fused-ring (bicyclic) bond motifs is 1. The highest BCUT2D eigenvalue weighted by Crippen LogP contribution is 2.38. The first kappa shape index (κ1) is 21.6. The van der Waals surface area contributed by atoms with E-state index >= 15 is 0 Å². The zero-order chi connectivity index (χ0) is 21.2. The van der Waals surface area contributed by atoms with E-state index in [0.29, 0.717) is 23.7 Å². The SMILES string of the molecule is [CH2][C@H]1O[C@@H]2SC(N(CC)C(=O)OC(C)(C)C)=N[C@@H]2C[C@@H]1OC(=O)c1ccccc1. The summed E-state index contributed by atoms with van der Waals surface area (Å²) in [5.41, 5.74) is -0.378. The Balaban J connectivity index is 1.67. The van der Waals surface area contributed by atoms with Crippen molar-refractivity contribution in [3.63, 3.8) is 0 Å². The van der Waals surface area contributed by atoms with Crippen LogP contribution in [0, 0.1) is 6.92 Å². The van der Waals surface area contributed by atoms with Crippen LogP contribution >= 0.6 is 11.8 Å². The van der Waals surface area contributed by atoms with Crippen molar-refractivity contribution >= 4 is 29.0 Å². The lowest BCUT2D eigenvalue weighted by Crippen LogP contribution is -2.44. The molecule has 0 N–H and O–H groups in total. The van der Waals surface area contributed by atoms with Gasteiger partial charge in [-0.25, -0.2) is 9.59 Å². The minimum absolute atomic E-state index is 0.224. The third-order valence-corrected chi connectivity index (χ3v) is 5.63. The molecule has 2 aliphatic heterocycles. The zero-order valence-corrected chi connectivity index (χ0v) is 18.0. The van der Waals surface area contributed by atoms with E-state index in [0.717, 1.165) is 0 Å². The molecule has 1 amide bonds. The van der Waals surface area contributed by atoms with Gasteiger partial charge >= 0.3 is 12.1 Å². The average Bonchev–Trinajstić information content (AvgIpc) is 3.04.